The van der Waals surface area contributed by atoms with E-state index in [-0.39, 0.29) is 30.5 Å². The van der Waals surface area contributed by atoms with Gasteiger partial charge in [-0.25, -0.2) is 13.1 Å². The van der Waals surface area contributed by atoms with E-state index < -0.39 is 27.3 Å². The summed E-state index contributed by atoms with van der Waals surface area (Å²) in [7, 11) is -2.45. The van der Waals surface area contributed by atoms with Crippen LogP contribution in [0.25, 0.3) is 0 Å². The first-order valence-electron chi connectivity index (χ1n) is 17.5. The molecule has 2 heterocycles. The van der Waals surface area contributed by atoms with Crippen molar-refractivity contribution in [1.29, 1.82) is 0 Å². The number of aryl methyl sites for hydroxylation is 1. The van der Waals surface area contributed by atoms with Gasteiger partial charge in [0.25, 0.3) is 5.91 Å². The largest absolute Gasteiger partial charge is 0.490 e. The summed E-state index contributed by atoms with van der Waals surface area (Å²) in [6, 6.07) is 11.4. The van der Waals surface area contributed by atoms with Crippen molar-refractivity contribution in [3.05, 3.63) is 58.1 Å². The number of aliphatic hydroxyl groups is 2. The molecule has 12 heteroatoms. The third-order valence-electron chi connectivity index (χ3n) is 11.4. The molecule has 1 spiro atoms. The van der Waals surface area contributed by atoms with E-state index in [4.69, 9.17) is 26.6 Å². The van der Waals surface area contributed by atoms with Gasteiger partial charge in [0.1, 0.15) is 18.1 Å². The number of benzene rings is 2. The fourth-order valence-corrected chi connectivity index (χ4v) is 9.52. The summed E-state index contributed by atoms with van der Waals surface area (Å²) >= 11 is 6.39. The molecule has 1 unspecified atom stereocenters. The lowest BCUT2D eigenvalue weighted by Crippen LogP contribution is -2.49. The number of fused-ring (bicyclic) bond motifs is 4. The average molecular weight is 719 g/mol. The molecule has 4 aliphatic rings. The molecule has 10 nitrogen and oxygen atoms in total. The number of aliphatic hydroxyl groups excluding tert-OH is 2. The number of hydrogen-bond donors (Lipinski definition) is 3. The molecule has 1 fully saturated rings. The quantitative estimate of drug-likeness (QED) is 0.376. The van der Waals surface area contributed by atoms with Gasteiger partial charge in [0, 0.05) is 42.1 Å². The van der Waals surface area contributed by atoms with Crippen LogP contribution in [-0.4, -0.2) is 82.2 Å². The molecule has 0 aromatic heterocycles. The van der Waals surface area contributed by atoms with Crippen molar-refractivity contribution in [3.63, 3.8) is 0 Å². The van der Waals surface area contributed by atoms with Crippen molar-refractivity contribution in [2.75, 3.05) is 44.9 Å². The summed E-state index contributed by atoms with van der Waals surface area (Å²) < 4.78 is 39.8. The van der Waals surface area contributed by atoms with Crippen LogP contribution in [0.2, 0.25) is 5.02 Å². The van der Waals surface area contributed by atoms with Crippen molar-refractivity contribution < 1.29 is 37.7 Å². The first kappa shape index (κ1) is 37.6. The molecule has 2 aromatic rings. The minimum atomic E-state index is -3.89. The van der Waals surface area contributed by atoms with Crippen molar-refractivity contribution in [1.82, 2.24) is 4.72 Å². The van der Waals surface area contributed by atoms with Crippen LogP contribution in [0.4, 0.5) is 5.69 Å². The molecule has 3 N–H and O–H groups in total. The number of ether oxygens (including phenoxy) is 2. The Morgan fingerprint density at radius 2 is 1.88 bits per heavy atom. The van der Waals surface area contributed by atoms with E-state index in [1.54, 1.807) is 25.1 Å². The standard InChI is InChI=1S/C33H41ClN2O5S.C4H10O3/c1-21-5-3-6-26(18-37)28-11-8-25(28)17-36-19-33(14-4-7-23-15-27(34)10-12-29(23)33)20-41-31-13-9-24(16-30(31)36)32(38)35-42(39,40)22(21)2;1-7-4(2-5)3-6/h9-10,12-13,15-16,18,21-22,25-26,28H,3-8,11,14,17,19-20H2,1-2H3,(H,35,38);4-6H,2-3H2,1H3/t21-,22+,25-,26?,28+,33-;/m0./s1. The van der Waals surface area contributed by atoms with Crippen molar-refractivity contribution in [2.45, 2.75) is 82.0 Å². The topological polar surface area (TPSA) is 142 Å². The molecule has 0 radical (unpaired) electrons. The number of methoxy groups -OCH3 is 1. The van der Waals surface area contributed by atoms with Crippen LogP contribution >= 0.6 is 11.6 Å². The predicted molar refractivity (Wildman–Crippen MR) is 190 cm³/mol. The minimum Gasteiger partial charge on any atom is -0.490 e. The van der Waals surface area contributed by atoms with Gasteiger partial charge in [-0.15, -0.1) is 0 Å². The molecule has 1 amide bonds. The maximum Gasteiger partial charge on any atom is 0.264 e. The van der Waals surface area contributed by atoms with Gasteiger partial charge in [-0.1, -0.05) is 31.0 Å². The van der Waals surface area contributed by atoms with Gasteiger partial charge in [0.15, 0.2) is 0 Å². The van der Waals surface area contributed by atoms with E-state index in [1.807, 2.05) is 13.0 Å². The number of halogens is 1. The van der Waals surface area contributed by atoms with Crippen LogP contribution in [0.1, 0.15) is 80.3 Å². The van der Waals surface area contributed by atoms with E-state index in [9.17, 15) is 18.0 Å². The highest BCUT2D eigenvalue weighted by molar-refractivity contribution is 7.90. The number of nitrogens with one attached hydrogen (secondary N) is 1. The van der Waals surface area contributed by atoms with E-state index in [0.29, 0.717) is 42.7 Å². The second-order valence-corrected chi connectivity index (χ2v) is 16.9. The van der Waals surface area contributed by atoms with Gasteiger partial charge in [-0.2, -0.15) is 0 Å². The van der Waals surface area contributed by atoms with Crippen LogP contribution < -0.4 is 14.4 Å². The Morgan fingerprint density at radius 3 is 2.53 bits per heavy atom. The Kier molecular flexibility index (Phi) is 12.3. The van der Waals surface area contributed by atoms with Crippen LogP contribution in [0.3, 0.4) is 0 Å². The normalized spacial score (nSPS) is 29.6. The molecular formula is C37H51ClN2O8S. The Bertz CT molecular complexity index is 1580. The van der Waals surface area contributed by atoms with Crippen molar-refractivity contribution in [3.8, 4) is 5.75 Å². The third-order valence-corrected chi connectivity index (χ3v) is 13.6. The monoisotopic (exact) mass is 718 g/mol. The summed E-state index contributed by atoms with van der Waals surface area (Å²) in [5, 5.41) is 16.5. The molecule has 2 bridgehead atoms. The molecule has 2 aliphatic carbocycles. The Labute approximate surface area is 295 Å². The Hall–Kier alpha value is -2.70. The van der Waals surface area contributed by atoms with Crippen molar-refractivity contribution in [2.24, 2.45) is 23.7 Å². The number of amides is 1. The zero-order valence-electron chi connectivity index (χ0n) is 28.8. The molecule has 6 rings (SSSR count). The summed E-state index contributed by atoms with van der Waals surface area (Å²) in [6.45, 7) is 5.30. The van der Waals surface area contributed by atoms with Gasteiger partial charge >= 0.3 is 0 Å². The highest BCUT2D eigenvalue weighted by Gasteiger charge is 2.44. The van der Waals surface area contributed by atoms with E-state index in [0.717, 1.165) is 68.5 Å². The zero-order valence-corrected chi connectivity index (χ0v) is 30.3. The highest BCUT2D eigenvalue weighted by Crippen LogP contribution is 2.47. The van der Waals surface area contributed by atoms with Gasteiger partial charge in [-0.05, 0) is 111 Å². The molecule has 0 saturated heterocycles. The summed E-state index contributed by atoms with van der Waals surface area (Å²) in [5.41, 5.74) is 3.37. The second-order valence-electron chi connectivity index (χ2n) is 14.4. The number of nitrogens with zero attached hydrogens (tertiary/aromatic N) is 1. The molecule has 270 valence electrons. The van der Waals surface area contributed by atoms with Crippen LogP contribution in [-0.2, 0) is 31.4 Å². The number of rotatable bonds is 4. The lowest BCUT2D eigenvalue weighted by Gasteiger charge is -2.46. The smallest absolute Gasteiger partial charge is 0.264 e. The summed E-state index contributed by atoms with van der Waals surface area (Å²) in [4.78, 5) is 28.0. The lowest BCUT2D eigenvalue weighted by molar-refractivity contribution is -0.115. The maximum absolute atomic E-state index is 13.3. The highest BCUT2D eigenvalue weighted by atomic mass is 35.5. The number of carbonyl (C=O) groups is 2. The fourth-order valence-electron chi connectivity index (χ4n) is 8.01. The number of anilines is 1. The number of sulfonamides is 1. The molecule has 2 aromatic carbocycles. The second kappa shape index (κ2) is 16.1. The van der Waals surface area contributed by atoms with Crippen molar-refractivity contribution >= 4 is 39.5 Å². The molecular weight excluding hydrogens is 668 g/mol. The van der Waals surface area contributed by atoms with Gasteiger partial charge in [0.05, 0.1) is 30.8 Å². The summed E-state index contributed by atoms with van der Waals surface area (Å²) in [5.74, 6) is 0.559. The van der Waals surface area contributed by atoms with Crippen LogP contribution in [0, 0.1) is 23.7 Å². The molecule has 6 atom stereocenters. The number of aldehydes is 1. The Morgan fingerprint density at radius 1 is 1.10 bits per heavy atom. The first-order chi connectivity index (χ1) is 23.4. The third kappa shape index (κ3) is 8.28. The lowest BCUT2D eigenvalue weighted by atomic mass is 9.65. The zero-order chi connectivity index (χ0) is 35.3. The SMILES string of the molecule is COC(CO)CO.C[C@@H]1[C@@H](C)CCCC(C=O)[C@@H]2CC[C@H]2CN2C[C@@]3(CCCc4cc(Cl)ccc43)COc3ccc(cc32)C(=O)NS1(=O)=O. The van der Waals surface area contributed by atoms with Crippen LogP contribution in [0.15, 0.2) is 36.4 Å². The number of hydrogen-bond acceptors (Lipinski definition) is 9. The van der Waals surface area contributed by atoms with E-state index in [1.165, 1.54) is 18.2 Å². The average Bonchev–Trinajstić information content (AvgIpc) is 3.22. The fraction of sp³-hybridized carbons (Fsp3) is 0.622. The predicted octanol–water partition coefficient (Wildman–Crippen LogP) is 4.91. The van der Waals surface area contributed by atoms with Gasteiger partial charge in [0.2, 0.25) is 10.0 Å². The number of carbonyl (C=O) groups excluding carboxylic acids is 2. The maximum atomic E-state index is 13.3. The van der Waals surface area contributed by atoms with E-state index >= 15 is 0 Å². The summed E-state index contributed by atoms with van der Waals surface area (Å²) in [6.07, 6.45) is 8.03. The van der Waals surface area contributed by atoms with Crippen LogP contribution in [0.5, 0.6) is 5.75 Å². The Balaban J connectivity index is 0.000000606. The molecule has 2 aliphatic heterocycles. The van der Waals surface area contributed by atoms with Gasteiger partial charge in [-0.3, -0.25) is 4.79 Å². The van der Waals surface area contributed by atoms with Gasteiger partial charge < -0.3 is 29.4 Å². The minimum absolute atomic E-state index is 0.0315. The molecule has 49 heavy (non-hydrogen) atoms. The van der Waals surface area contributed by atoms with E-state index in [2.05, 4.69) is 26.5 Å². The first-order valence-corrected chi connectivity index (χ1v) is 19.4. The molecule has 1 saturated carbocycles.